The van der Waals surface area contributed by atoms with Crippen LogP contribution in [0, 0.1) is 0 Å². The minimum Gasteiger partial charge on any atom is -0.444 e. The van der Waals surface area contributed by atoms with E-state index in [1.807, 2.05) is 32.9 Å². The molecule has 0 unspecified atom stereocenters. The van der Waals surface area contributed by atoms with E-state index >= 15 is 0 Å². The molecule has 0 bridgehead atoms. The van der Waals surface area contributed by atoms with E-state index in [2.05, 4.69) is 5.32 Å². The molecule has 0 atom stereocenters. The molecule has 1 aromatic carbocycles. The maximum Gasteiger partial charge on any atom is 0.412 e. The van der Waals surface area contributed by atoms with Gasteiger partial charge in [0, 0.05) is 5.69 Å². The standard InChI is InChI=1S/C14H19NO3/c1-14(2,3)18-13(17)15-12-8-4-6-11(10-12)7-5-9-16/h4-8,10,16H,9H2,1-3H3,(H,15,17)/b7-5+. The molecule has 0 saturated heterocycles. The maximum atomic E-state index is 11.6. The number of carbonyl (C=O) groups excluding carboxylic acids is 1. The molecule has 0 spiro atoms. The van der Waals surface area contributed by atoms with Gasteiger partial charge in [-0.1, -0.05) is 24.3 Å². The molecule has 0 fully saturated rings. The van der Waals surface area contributed by atoms with Crippen molar-refractivity contribution < 1.29 is 14.6 Å². The average molecular weight is 249 g/mol. The highest BCUT2D eigenvalue weighted by atomic mass is 16.6. The fraction of sp³-hybridized carbons (Fsp3) is 0.357. The van der Waals surface area contributed by atoms with Crippen molar-refractivity contribution in [2.24, 2.45) is 0 Å². The molecule has 0 heterocycles. The Balaban J connectivity index is 2.67. The van der Waals surface area contributed by atoms with E-state index in [1.54, 1.807) is 24.3 Å². The minimum atomic E-state index is -0.515. The number of ether oxygens (including phenoxy) is 1. The van der Waals surface area contributed by atoms with Crippen molar-refractivity contribution in [3.8, 4) is 0 Å². The third kappa shape index (κ3) is 5.50. The lowest BCUT2D eigenvalue weighted by Crippen LogP contribution is -2.27. The Morgan fingerprint density at radius 2 is 2.17 bits per heavy atom. The second-order valence-corrected chi connectivity index (χ2v) is 4.84. The van der Waals surface area contributed by atoms with Crippen molar-refractivity contribution >= 4 is 17.9 Å². The summed E-state index contributed by atoms with van der Waals surface area (Å²) in [6, 6.07) is 7.28. The number of benzene rings is 1. The van der Waals surface area contributed by atoms with Crippen molar-refractivity contribution in [1.82, 2.24) is 0 Å². The summed E-state index contributed by atoms with van der Waals surface area (Å²) in [5.74, 6) is 0. The van der Waals surface area contributed by atoms with Crippen molar-refractivity contribution in [2.75, 3.05) is 11.9 Å². The number of hydrogen-bond donors (Lipinski definition) is 2. The number of amides is 1. The first kappa shape index (κ1) is 14.3. The molecule has 1 amide bonds. The third-order valence-corrected chi connectivity index (χ3v) is 1.95. The van der Waals surface area contributed by atoms with Gasteiger partial charge in [-0.25, -0.2) is 4.79 Å². The molecule has 0 aliphatic rings. The van der Waals surface area contributed by atoms with Crippen molar-refractivity contribution in [1.29, 1.82) is 0 Å². The van der Waals surface area contributed by atoms with Gasteiger partial charge in [0.05, 0.1) is 6.61 Å². The summed E-state index contributed by atoms with van der Waals surface area (Å²) < 4.78 is 5.15. The molecule has 0 saturated carbocycles. The van der Waals surface area contributed by atoms with Gasteiger partial charge in [-0.05, 0) is 38.5 Å². The molecule has 98 valence electrons. The van der Waals surface area contributed by atoms with Crippen LogP contribution in [-0.2, 0) is 4.74 Å². The van der Waals surface area contributed by atoms with Gasteiger partial charge in [-0.15, -0.1) is 0 Å². The molecule has 2 N–H and O–H groups in total. The quantitative estimate of drug-likeness (QED) is 0.865. The summed E-state index contributed by atoms with van der Waals surface area (Å²) in [5, 5.41) is 11.4. The van der Waals surface area contributed by atoms with Crippen molar-refractivity contribution in [2.45, 2.75) is 26.4 Å². The summed E-state index contributed by atoms with van der Waals surface area (Å²) in [6.07, 6.45) is 2.93. The second kappa shape index (κ2) is 6.21. The summed E-state index contributed by atoms with van der Waals surface area (Å²) >= 11 is 0. The van der Waals surface area contributed by atoms with Crippen LogP contribution < -0.4 is 5.32 Å². The lowest BCUT2D eigenvalue weighted by Gasteiger charge is -2.19. The molecule has 0 aromatic heterocycles. The Hall–Kier alpha value is -1.81. The Kier molecular flexibility index (Phi) is 4.92. The van der Waals surface area contributed by atoms with Crippen LogP contribution in [0.4, 0.5) is 10.5 Å². The monoisotopic (exact) mass is 249 g/mol. The van der Waals surface area contributed by atoms with Gasteiger partial charge in [-0.2, -0.15) is 0 Å². The second-order valence-electron chi connectivity index (χ2n) is 4.84. The molecular weight excluding hydrogens is 230 g/mol. The van der Waals surface area contributed by atoms with E-state index in [1.165, 1.54) is 0 Å². The number of aliphatic hydroxyl groups is 1. The van der Waals surface area contributed by atoms with Gasteiger partial charge < -0.3 is 9.84 Å². The van der Waals surface area contributed by atoms with E-state index in [-0.39, 0.29) is 6.61 Å². The van der Waals surface area contributed by atoms with Crippen LogP contribution >= 0.6 is 0 Å². The van der Waals surface area contributed by atoms with Crippen LogP contribution in [0.25, 0.3) is 6.08 Å². The molecule has 0 aliphatic heterocycles. The third-order valence-electron chi connectivity index (χ3n) is 1.95. The Labute approximate surface area is 107 Å². The van der Waals surface area contributed by atoms with E-state index in [0.717, 1.165) is 5.56 Å². The number of rotatable bonds is 3. The summed E-state index contributed by atoms with van der Waals surface area (Å²) in [5.41, 5.74) is 1.04. The zero-order chi connectivity index (χ0) is 13.6. The summed E-state index contributed by atoms with van der Waals surface area (Å²) in [6.45, 7) is 5.43. The first-order valence-electron chi connectivity index (χ1n) is 5.78. The Morgan fingerprint density at radius 3 is 2.78 bits per heavy atom. The van der Waals surface area contributed by atoms with Gasteiger partial charge in [0.2, 0.25) is 0 Å². The topological polar surface area (TPSA) is 58.6 Å². The smallest absolute Gasteiger partial charge is 0.412 e. The molecule has 0 radical (unpaired) electrons. The number of carbonyl (C=O) groups is 1. The lowest BCUT2D eigenvalue weighted by molar-refractivity contribution is 0.0636. The Bertz CT molecular complexity index is 433. The molecule has 4 nitrogen and oxygen atoms in total. The molecule has 18 heavy (non-hydrogen) atoms. The molecule has 0 aliphatic carbocycles. The molecule has 1 aromatic rings. The highest BCUT2D eigenvalue weighted by Crippen LogP contribution is 2.14. The van der Waals surface area contributed by atoms with E-state index in [0.29, 0.717) is 5.69 Å². The van der Waals surface area contributed by atoms with Crippen LogP contribution in [0.1, 0.15) is 26.3 Å². The SMILES string of the molecule is CC(C)(C)OC(=O)Nc1cccc(/C=C/CO)c1. The first-order valence-corrected chi connectivity index (χ1v) is 5.78. The van der Waals surface area contributed by atoms with Crippen molar-refractivity contribution in [3.05, 3.63) is 35.9 Å². The predicted molar refractivity (Wildman–Crippen MR) is 72.4 cm³/mol. The highest BCUT2D eigenvalue weighted by Gasteiger charge is 2.15. The van der Waals surface area contributed by atoms with Gasteiger partial charge in [0.15, 0.2) is 0 Å². The predicted octanol–water partition coefficient (Wildman–Crippen LogP) is 3.04. The van der Waals surface area contributed by atoms with Crippen LogP contribution in [0.5, 0.6) is 0 Å². The van der Waals surface area contributed by atoms with Gasteiger partial charge in [0.25, 0.3) is 0 Å². The number of anilines is 1. The highest BCUT2D eigenvalue weighted by molar-refractivity contribution is 5.85. The fourth-order valence-electron chi connectivity index (χ4n) is 1.33. The number of hydrogen-bond acceptors (Lipinski definition) is 3. The minimum absolute atomic E-state index is 0.0102. The largest absolute Gasteiger partial charge is 0.444 e. The molecular formula is C14H19NO3. The lowest BCUT2D eigenvalue weighted by atomic mass is 10.2. The summed E-state index contributed by atoms with van der Waals surface area (Å²) in [4.78, 5) is 11.6. The van der Waals surface area contributed by atoms with Crippen molar-refractivity contribution in [3.63, 3.8) is 0 Å². The molecule has 1 rings (SSSR count). The number of aliphatic hydroxyl groups excluding tert-OH is 1. The van der Waals surface area contributed by atoms with E-state index in [4.69, 9.17) is 9.84 Å². The average Bonchev–Trinajstić information content (AvgIpc) is 2.24. The van der Waals surface area contributed by atoms with Gasteiger partial charge in [0.1, 0.15) is 5.60 Å². The van der Waals surface area contributed by atoms with Crippen LogP contribution in [0.2, 0.25) is 0 Å². The normalized spacial score (nSPS) is 11.6. The van der Waals surface area contributed by atoms with Gasteiger partial charge in [-0.3, -0.25) is 5.32 Å². The van der Waals surface area contributed by atoms with E-state index in [9.17, 15) is 4.79 Å². The first-order chi connectivity index (χ1) is 8.40. The van der Waals surface area contributed by atoms with Gasteiger partial charge >= 0.3 is 6.09 Å². The van der Waals surface area contributed by atoms with E-state index < -0.39 is 11.7 Å². The van der Waals surface area contributed by atoms with Crippen LogP contribution in [-0.4, -0.2) is 23.4 Å². The number of nitrogens with one attached hydrogen (secondary N) is 1. The van der Waals surface area contributed by atoms with Crippen LogP contribution in [0.3, 0.4) is 0 Å². The zero-order valence-electron chi connectivity index (χ0n) is 10.9. The van der Waals surface area contributed by atoms with Crippen LogP contribution in [0.15, 0.2) is 30.3 Å². The summed E-state index contributed by atoms with van der Waals surface area (Å²) in [7, 11) is 0. The fourth-order valence-corrected chi connectivity index (χ4v) is 1.33. The molecule has 4 heteroatoms. The Morgan fingerprint density at radius 1 is 1.44 bits per heavy atom. The zero-order valence-corrected chi connectivity index (χ0v) is 10.9. The maximum absolute atomic E-state index is 11.6.